The Bertz CT molecular complexity index is 573. The van der Waals surface area contributed by atoms with Crippen molar-refractivity contribution in [2.24, 2.45) is 0 Å². The molecule has 0 heterocycles. The number of hydrogen-bond acceptors (Lipinski definition) is 2. The maximum atomic E-state index is 11.1. The van der Waals surface area contributed by atoms with Crippen molar-refractivity contribution in [2.75, 3.05) is 7.11 Å². The zero-order valence-electron chi connectivity index (χ0n) is 9.86. The number of rotatable bonds is 3. The Morgan fingerprint density at radius 3 is 2.59 bits per heavy atom. The summed E-state index contributed by atoms with van der Waals surface area (Å²) in [5.41, 5.74) is 1.22. The highest BCUT2D eigenvalue weighted by Crippen LogP contribution is 2.30. The first-order valence-corrected chi connectivity index (χ1v) is 5.51. The first-order valence-electron chi connectivity index (χ1n) is 5.51. The summed E-state index contributed by atoms with van der Waals surface area (Å²) >= 11 is 0. The second-order valence-electron chi connectivity index (χ2n) is 3.81. The highest BCUT2D eigenvalue weighted by atomic mass is 16.5. The van der Waals surface area contributed by atoms with E-state index >= 15 is 0 Å². The number of fused-ring (bicyclic) bond motifs is 1. The van der Waals surface area contributed by atoms with Crippen LogP contribution in [0.2, 0.25) is 0 Å². The first-order chi connectivity index (χ1) is 8.19. The van der Waals surface area contributed by atoms with Crippen LogP contribution in [0, 0.1) is 0 Å². The lowest BCUT2D eigenvalue weighted by atomic mass is 9.96. The Morgan fingerprint density at radius 2 is 2.00 bits per heavy atom. The molecule has 0 saturated heterocycles. The van der Waals surface area contributed by atoms with Crippen LogP contribution in [0.5, 0.6) is 5.75 Å². The summed E-state index contributed by atoms with van der Waals surface area (Å²) in [6.45, 7) is 1.96. The molecule has 2 rings (SSSR count). The third-order valence-electron chi connectivity index (χ3n) is 2.94. The van der Waals surface area contributed by atoms with Crippen LogP contribution in [0.4, 0.5) is 0 Å². The van der Waals surface area contributed by atoms with Gasteiger partial charge in [-0.15, -0.1) is 0 Å². The van der Waals surface area contributed by atoms with Gasteiger partial charge in [-0.2, -0.15) is 0 Å². The number of carbonyl (C=O) groups is 1. The van der Waals surface area contributed by atoms with Gasteiger partial charge < -0.3 is 9.84 Å². The summed E-state index contributed by atoms with van der Waals surface area (Å²) in [6.07, 6.45) is 0.687. The SMILES string of the molecule is CCc1c(C(=O)O)ccc2c(OC)cccc12. The lowest BCUT2D eigenvalue weighted by Gasteiger charge is -2.11. The van der Waals surface area contributed by atoms with Crippen molar-refractivity contribution in [3.05, 3.63) is 41.5 Å². The van der Waals surface area contributed by atoms with E-state index in [-0.39, 0.29) is 0 Å². The van der Waals surface area contributed by atoms with Crippen LogP contribution in [-0.4, -0.2) is 18.2 Å². The highest BCUT2D eigenvalue weighted by molar-refractivity contribution is 5.99. The molecule has 0 fully saturated rings. The maximum absolute atomic E-state index is 11.1. The van der Waals surface area contributed by atoms with Gasteiger partial charge in [0.1, 0.15) is 5.75 Å². The minimum Gasteiger partial charge on any atom is -0.496 e. The third-order valence-corrected chi connectivity index (χ3v) is 2.94. The Labute approximate surface area is 99.6 Å². The second kappa shape index (κ2) is 4.45. The van der Waals surface area contributed by atoms with Gasteiger partial charge in [-0.3, -0.25) is 0 Å². The molecule has 0 bridgehead atoms. The van der Waals surface area contributed by atoms with Crippen LogP contribution >= 0.6 is 0 Å². The van der Waals surface area contributed by atoms with Crippen molar-refractivity contribution in [3.8, 4) is 5.75 Å². The molecule has 17 heavy (non-hydrogen) atoms. The van der Waals surface area contributed by atoms with Gasteiger partial charge in [-0.25, -0.2) is 4.79 Å². The van der Waals surface area contributed by atoms with E-state index < -0.39 is 5.97 Å². The van der Waals surface area contributed by atoms with Gasteiger partial charge >= 0.3 is 5.97 Å². The lowest BCUT2D eigenvalue weighted by Crippen LogP contribution is -2.02. The number of carboxylic acid groups (broad SMARTS) is 1. The predicted octanol–water partition coefficient (Wildman–Crippen LogP) is 3.11. The van der Waals surface area contributed by atoms with Gasteiger partial charge in [0.15, 0.2) is 0 Å². The average Bonchev–Trinajstić information content (AvgIpc) is 2.36. The molecule has 0 spiro atoms. The van der Waals surface area contributed by atoms with Crippen molar-refractivity contribution in [1.29, 1.82) is 0 Å². The first kappa shape index (κ1) is 11.5. The van der Waals surface area contributed by atoms with Gasteiger partial charge in [0.05, 0.1) is 12.7 Å². The smallest absolute Gasteiger partial charge is 0.335 e. The minimum atomic E-state index is -0.883. The van der Waals surface area contributed by atoms with Crippen LogP contribution in [0.25, 0.3) is 10.8 Å². The second-order valence-corrected chi connectivity index (χ2v) is 3.81. The molecule has 3 nitrogen and oxygen atoms in total. The fourth-order valence-corrected chi connectivity index (χ4v) is 2.15. The summed E-state index contributed by atoms with van der Waals surface area (Å²) in [6, 6.07) is 9.14. The largest absolute Gasteiger partial charge is 0.496 e. The maximum Gasteiger partial charge on any atom is 0.335 e. The fraction of sp³-hybridized carbons (Fsp3) is 0.214. The number of benzene rings is 2. The van der Waals surface area contributed by atoms with Gasteiger partial charge in [0.2, 0.25) is 0 Å². The Kier molecular flexibility index (Phi) is 3.00. The van der Waals surface area contributed by atoms with Gasteiger partial charge in [0.25, 0.3) is 0 Å². The average molecular weight is 230 g/mol. The monoisotopic (exact) mass is 230 g/mol. The number of methoxy groups -OCH3 is 1. The van der Waals surface area contributed by atoms with E-state index in [1.54, 1.807) is 19.2 Å². The molecule has 1 N–H and O–H groups in total. The minimum absolute atomic E-state index is 0.369. The van der Waals surface area contributed by atoms with E-state index in [1.807, 2.05) is 25.1 Å². The molecule has 0 aromatic heterocycles. The van der Waals surface area contributed by atoms with Crippen molar-refractivity contribution in [1.82, 2.24) is 0 Å². The molecular weight excluding hydrogens is 216 g/mol. The molecule has 0 atom stereocenters. The van der Waals surface area contributed by atoms with Gasteiger partial charge in [0, 0.05) is 5.39 Å². The zero-order chi connectivity index (χ0) is 12.4. The van der Waals surface area contributed by atoms with Crippen molar-refractivity contribution < 1.29 is 14.6 Å². The van der Waals surface area contributed by atoms with Crippen LogP contribution in [-0.2, 0) is 6.42 Å². The number of ether oxygens (including phenoxy) is 1. The van der Waals surface area contributed by atoms with Crippen LogP contribution in [0.1, 0.15) is 22.8 Å². The van der Waals surface area contributed by atoms with E-state index in [2.05, 4.69) is 0 Å². The molecule has 2 aromatic rings. The van der Waals surface area contributed by atoms with E-state index in [1.165, 1.54) is 0 Å². The zero-order valence-corrected chi connectivity index (χ0v) is 9.86. The number of aromatic carboxylic acids is 1. The molecule has 0 saturated carbocycles. The van der Waals surface area contributed by atoms with Crippen LogP contribution in [0.3, 0.4) is 0 Å². The summed E-state index contributed by atoms with van der Waals surface area (Å²) in [5, 5.41) is 11.1. The standard InChI is InChI=1S/C14H14O3/c1-3-9-10-5-4-6-13(17-2)11(10)7-8-12(9)14(15)16/h4-8H,3H2,1-2H3,(H,15,16). The summed E-state index contributed by atoms with van der Waals surface area (Å²) in [4.78, 5) is 11.1. The molecular formula is C14H14O3. The summed E-state index contributed by atoms with van der Waals surface area (Å²) in [5.74, 6) is -0.110. The van der Waals surface area contributed by atoms with Crippen LogP contribution in [0.15, 0.2) is 30.3 Å². The van der Waals surface area contributed by atoms with Crippen molar-refractivity contribution in [2.45, 2.75) is 13.3 Å². The van der Waals surface area contributed by atoms with E-state index in [9.17, 15) is 4.79 Å². The van der Waals surface area contributed by atoms with E-state index in [4.69, 9.17) is 9.84 Å². The quantitative estimate of drug-likeness (QED) is 0.881. The fourth-order valence-electron chi connectivity index (χ4n) is 2.15. The lowest BCUT2D eigenvalue weighted by molar-refractivity contribution is 0.0696. The number of aryl methyl sites for hydroxylation is 1. The van der Waals surface area contributed by atoms with E-state index in [0.717, 1.165) is 22.1 Å². The van der Waals surface area contributed by atoms with E-state index in [0.29, 0.717) is 12.0 Å². The van der Waals surface area contributed by atoms with Crippen molar-refractivity contribution in [3.63, 3.8) is 0 Å². The molecule has 0 aliphatic rings. The molecule has 0 radical (unpaired) electrons. The Morgan fingerprint density at radius 1 is 1.24 bits per heavy atom. The van der Waals surface area contributed by atoms with Crippen LogP contribution < -0.4 is 4.74 Å². The van der Waals surface area contributed by atoms with Gasteiger partial charge in [-0.1, -0.05) is 19.1 Å². The topological polar surface area (TPSA) is 46.5 Å². The molecule has 88 valence electrons. The highest BCUT2D eigenvalue weighted by Gasteiger charge is 2.13. The third kappa shape index (κ3) is 1.84. The number of hydrogen-bond donors (Lipinski definition) is 1. The predicted molar refractivity (Wildman–Crippen MR) is 66.8 cm³/mol. The molecule has 0 aliphatic carbocycles. The molecule has 0 unspecified atom stereocenters. The molecule has 0 amide bonds. The van der Waals surface area contributed by atoms with Crippen molar-refractivity contribution >= 4 is 16.7 Å². The number of carboxylic acids is 1. The normalized spacial score (nSPS) is 10.5. The summed E-state index contributed by atoms with van der Waals surface area (Å²) < 4.78 is 5.28. The Balaban J connectivity index is 2.82. The molecule has 0 aliphatic heterocycles. The van der Waals surface area contributed by atoms with Gasteiger partial charge in [-0.05, 0) is 35.6 Å². The molecule has 2 aromatic carbocycles. The molecule has 3 heteroatoms. The summed E-state index contributed by atoms with van der Waals surface area (Å²) in [7, 11) is 1.62. The Hall–Kier alpha value is -2.03.